The molecule has 11 heteroatoms. The zero-order chi connectivity index (χ0) is 30.6. The van der Waals surface area contributed by atoms with Crippen molar-refractivity contribution in [3.8, 4) is 0 Å². The van der Waals surface area contributed by atoms with Gasteiger partial charge in [-0.1, -0.05) is 62.4 Å². The Hall–Kier alpha value is -3.49. The molecule has 0 aliphatic carbocycles. The summed E-state index contributed by atoms with van der Waals surface area (Å²) in [6.45, 7) is 8.02. The van der Waals surface area contributed by atoms with E-state index in [0.717, 1.165) is 5.56 Å². The molecule has 5 N–H and O–H groups in total. The first-order chi connectivity index (χ1) is 19.3. The van der Waals surface area contributed by atoms with Crippen molar-refractivity contribution >= 4 is 36.7 Å². The summed E-state index contributed by atoms with van der Waals surface area (Å²) >= 11 is 0. The highest BCUT2D eigenvalue weighted by Gasteiger charge is 2.36. The van der Waals surface area contributed by atoms with Crippen LogP contribution in [0, 0.1) is 11.8 Å². The van der Waals surface area contributed by atoms with Crippen molar-refractivity contribution in [1.29, 1.82) is 0 Å². The summed E-state index contributed by atoms with van der Waals surface area (Å²) < 4.78 is 13.5. The normalized spacial score (nSPS) is 15.5. The van der Waals surface area contributed by atoms with Crippen LogP contribution in [-0.2, 0) is 30.2 Å². The maximum absolute atomic E-state index is 13.6. The van der Waals surface area contributed by atoms with Gasteiger partial charge in [-0.25, -0.2) is 0 Å². The molecule has 0 fully saturated rings. The molecule has 0 aliphatic heterocycles. The maximum Gasteiger partial charge on any atom is 0.246 e. The van der Waals surface area contributed by atoms with Crippen molar-refractivity contribution in [2.45, 2.75) is 71.7 Å². The number of rotatable bonds is 15. The smallest absolute Gasteiger partial charge is 0.246 e. The second-order valence-corrected chi connectivity index (χ2v) is 13.5. The van der Waals surface area contributed by atoms with E-state index in [1.165, 1.54) is 20.8 Å². The molecule has 2 unspecified atom stereocenters. The molecule has 2 rings (SSSR count). The van der Waals surface area contributed by atoms with E-state index in [1.54, 1.807) is 24.3 Å². The molecule has 41 heavy (non-hydrogen) atoms. The van der Waals surface area contributed by atoms with Crippen LogP contribution in [0.1, 0.15) is 53.0 Å². The molecule has 10 nitrogen and oxygen atoms in total. The van der Waals surface area contributed by atoms with E-state index in [1.807, 2.05) is 50.2 Å². The lowest BCUT2D eigenvalue weighted by atomic mass is 9.98. The topological polar surface area (TPSA) is 154 Å². The number of hydrogen-bond acceptors (Lipinski definition) is 5. The standard InChI is InChI=1S/C30H43N4O6P/c1-20(2)18-27(30(38)33-26-14-10-7-11-15-26)34-29(37)25(17-16-24-12-8-6-9-13-24)19-41(39,40)23(5)32-28(36)21(3)31-22(4)35/h6-15,20-21,23,25,27H,16-19H2,1-5H3,(H,31,35)(H,32,36)(H,33,38)(H,34,37)(H,39,40)/t21-,23+,25?,27-/m0/s1. The lowest BCUT2D eigenvalue weighted by Crippen LogP contribution is -2.48. The Morgan fingerprint density at radius 2 is 1.39 bits per heavy atom. The summed E-state index contributed by atoms with van der Waals surface area (Å²) in [4.78, 5) is 61.5. The van der Waals surface area contributed by atoms with E-state index in [0.29, 0.717) is 18.5 Å². The molecule has 224 valence electrons. The Morgan fingerprint density at radius 3 is 1.95 bits per heavy atom. The Balaban J connectivity index is 2.22. The number of hydrogen-bond donors (Lipinski definition) is 5. The first kappa shape index (κ1) is 33.7. The van der Waals surface area contributed by atoms with E-state index < -0.39 is 55.0 Å². The van der Waals surface area contributed by atoms with Gasteiger partial charge in [0.05, 0.1) is 0 Å². The van der Waals surface area contributed by atoms with Gasteiger partial charge in [0.15, 0.2) is 0 Å². The van der Waals surface area contributed by atoms with Gasteiger partial charge in [0.1, 0.15) is 17.9 Å². The highest BCUT2D eigenvalue weighted by molar-refractivity contribution is 7.58. The van der Waals surface area contributed by atoms with Crippen molar-refractivity contribution in [1.82, 2.24) is 16.0 Å². The molecule has 0 radical (unpaired) electrons. The number of anilines is 1. The predicted molar refractivity (Wildman–Crippen MR) is 160 cm³/mol. The summed E-state index contributed by atoms with van der Waals surface area (Å²) in [7, 11) is -4.10. The second-order valence-electron chi connectivity index (χ2n) is 10.8. The summed E-state index contributed by atoms with van der Waals surface area (Å²) in [5.74, 6) is -3.87. The van der Waals surface area contributed by atoms with E-state index in [4.69, 9.17) is 0 Å². The minimum atomic E-state index is -4.10. The van der Waals surface area contributed by atoms with Crippen LogP contribution in [0.3, 0.4) is 0 Å². The summed E-state index contributed by atoms with van der Waals surface area (Å²) in [5, 5.41) is 10.6. The SMILES string of the molecule is CC(=O)N[C@@H](C)C(=O)N[C@@H](C)P(=O)(O)CC(CCc1ccccc1)C(=O)N[C@@H](CC(C)C)C(=O)Nc1ccccc1. The van der Waals surface area contributed by atoms with Crippen molar-refractivity contribution in [2.75, 3.05) is 11.5 Å². The molecular formula is C30H43N4O6P. The largest absolute Gasteiger partial charge is 0.345 e. The fraction of sp³-hybridized carbons (Fsp3) is 0.467. The first-order valence-corrected chi connectivity index (χ1v) is 15.8. The molecule has 0 heterocycles. The first-order valence-electron chi connectivity index (χ1n) is 13.9. The van der Waals surface area contributed by atoms with Crippen LogP contribution in [0.4, 0.5) is 5.69 Å². The van der Waals surface area contributed by atoms with E-state index in [-0.39, 0.29) is 18.2 Å². The van der Waals surface area contributed by atoms with Crippen LogP contribution in [-0.4, -0.2) is 52.6 Å². The molecule has 4 amide bonds. The third kappa shape index (κ3) is 11.9. The third-order valence-corrected chi connectivity index (χ3v) is 8.93. The van der Waals surface area contributed by atoms with Crippen LogP contribution in [0.25, 0.3) is 0 Å². The average Bonchev–Trinajstić information content (AvgIpc) is 2.90. The molecule has 0 aromatic heterocycles. The lowest BCUT2D eigenvalue weighted by Gasteiger charge is -2.27. The van der Waals surface area contributed by atoms with E-state index in [9.17, 15) is 28.6 Å². The molecule has 2 aromatic carbocycles. The minimum absolute atomic E-state index is 0.0920. The quantitative estimate of drug-likeness (QED) is 0.201. The average molecular weight is 587 g/mol. The summed E-state index contributed by atoms with van der Waals surface area (Å²) in [5.41, 5.74) is 1.56. The number of aryl methyl sites for hydroxylation is 1. The Labute approximate surface area is 242 Å². The van der Waals surface area contributed by atoms with E-state index in [2.05, 4.69) is 21.3 Å². The predicted octanol–water partition coefficient (Wildman–Crippen LogP) is 3.66. The molecular weight excluding hydrogens is 543 g/mol. The Morgan fingerprint density at radius 1 is 0.805 bits per heavy atom. The van der Waals surface area contributed by atoms with Gasteiger partial charge in [0.25, 0.3) is 0 Å². The number of nitrogens with one attached hydrogen (secondary N) is 4. The number of carbonyl (C=O) groups is 4. The molecule has 2 aromatic rings. The van der Waals surface area contributed by atoms with Gasteiger partial charge in [-0.2, -0.15) is 0 Å². The maximum atomic E-state index is 13.6. The van der Waals surface area contributed by atoms with Crippen molar-refractivity contribution in [2.24, 2.45) is 11.8 Å². The van der Waals surface area contributed by atoms with Crippen LogP contribution >= 0.6 is 7.37 Å². The van der Waals surface area contributed by atoms with Crippen molar-refractivity contribution < 1.29 is 28.6 Å². The van der Waals surface area contributed by atoms with Gasteiger partial charge >= 0.3 is 0 Å². The third-order valence-electron chi connectivity index (χ3n) is 6.63. The van der Waals surface area contributed by atoms with Gasteiger partial charge in [-0.15, -0.1) is 0 Å². The van der Waals surface area contributed by atoms with Crippen LogP contribution < -0.4 is 21.3 Å². The zero-order valence-corrected chi connectivity index (χ0v) is 25.3. The Kier molecular flexibility index (Phi) is 13.2. The van der Waals surface area contributed by atoms with Gasteiger partial charge in [-0.3, -0.25) is 23.7 Å². The Bertz CT molecular complexity index is 1210. The molecule has 0 saturated carbocycles. The highest BCUT2D eigenvalue weighted by atomic mass is 31.2. The molecule has 0 aliphatic rings. The summed E-state index contributed by atoms with van der Waals surface area (Å²) in [6, 6.07) is 16.6. The summed E-state index contributed by atoms with van der Waals surface area (Å²) in [6.07, 6.45) is 0.721. The fourth-order valence-electron chi connectivity index (χ4n) is 4.31. The highest BCUT2D eigenvalue weighted by Crippen LogP contribution is 2.47. The second kappa shape index (κ2) is 16.1. The van der Waals surface area contributed by atoms with Gasteiger partial charge in [0, 0.05) is 24.7 Å². The minimum Gasteiger partial charge on any atom is -0.345 e. The van der Waals surface area contributed by atoms with Crippen LogP contribution in [0.5, 0.6) is 0 Å². The van der Waals surface area contributed by atoms with Crippen molar-refractivity contribution in [3.63, 3.8) is 0 Å². The zero-order valence-electron chi connectivity index (χ0n) is 24.4. The van der Waals surface area contributed by atoms with Gasteiger partial charge in [0.2, 0.25) is 31.0 Å². The van der Waals surface area contributed by atoms with Gasteiger partial charge in [-0.05, 0) is 56.7 Å². The molecule has 0 saturated heterocycles. The number of para-hydroxylation sites is 1. The van der Waals surface area contributed by atoms with Crippen molar-refractivity contribution in [3.05, 3.63) is 66.2 Å². The number of carbonyl (C=O) groups excluding carboxylic acids is 4. The molecule has 5 atom stereocenters. The van der Waals surface area contributed by atoms with Crippen LogP contribution in [0.15, 0.2) is 60.7 Å². The van der Waals surface area contributed by atoms with Crippen LogP contribution in [0.2, 0.25) is 0 Å². The number of amides is 4. The number of benzene rings is 2. The molecule has 0 spiro atoms. The van der Waals surface area contributed by atoms with E-state index >= 15 is 0 Å². The van der Waals surface area contributed by atoms with Gasteiger partial charge < -0.3 is 26.2 Å². The molecule has 0 bridgehead atoms. The fourth-order valence-corrected chi connectivity index (χ4v) is 5.94. The lowest BCUT2D eigenvalue weighted by molar-refractivity contribution is -0.129. The monoisotopic (exact) mass is 586 g/mol.